The van der Waals surface area contributed by atoms with Crippen LogP contribution in [0.5, 0.6) is 11.5 Å². The van der Waals surface area contributed by atoms with E-state index < -0.39 is 11.6 Å². The van der Waals surface area contributed by atoms with Crippen LogP contribution < -0.4 is 14.8 Å². The lowest BCUT2D eigenvalue weighted by Crippen LogP contribution is -2.53. The van der Waals surface area contributed by atoms with Crippen molar-refractivity contribution in [2.24, 2.45) is 0 Å². The number of para-hydroxylation sites is 2. The molecule has 0 fully saturated rings. The third kappa shape index (κ3) is 6.51. The van der Waals surface area contributed by atoms with Gasteiger partial charge in [0, 0.05) is 12.1 Å². The van der Waals surface area contributed by atoms with E-state index in [-0.39, 0.29) is 18.4 Å². The number of carbonyl (C=O) groups is 2. The van der Waals surface area contributed by atoms with Gasteiger partial charge in [-0.2, -0.15) is 0 Å². The first-order valence-corrected chi connectivity index (χ1v) is 10.0. The predicted octanol–water partition coefficient (Wildman–Crippen LogP) is 3.71. The first-order chi connectivity index (χ1) is 14.1. The molecule has 0 spiro atoms. The number of nitrogens with zero attached hydrogens (tertiary/aromatic N) is 1. The van der Waals surface area contributed by atoms with Crippen LogP contribution in [0.4, 0.5) is 0 Å². The minimum Gasteiger partial charge on any atom is -0.493 e. The number of benzene rings is 2. The van der Waals surface area contributed by atoms with Gasteiger partial charge in [-0.3, -0.25) is 9.59 Å². The zero-order chi connectivity index (χ0) is 22.3. The molecule has 0 heterocycles. The highest BCUT2D eigenvalue weighted by atomic mass is 16.5. The quantitative estimate of drug-likeness (QED) is 0.718. The summed E-state index contributed by atoms with van der Waals surface area (Å²) < 4.78 is 11.0. The Bertz CT molecular complexity index is 874. The summed E-state index contributed by atoms with van der Waals surface area (Å²) in [5.74, 6) is 0.549. The summed E-state index contributed by atoms with van der Waals surface area (Å²) in [6.45, 7) is 9.59. The Labute approximate surface area is 179 Å². The van der Waals surface area contributed by atoms with Crippen molar-refractivity contribution in [3.63, 3.8) is 0 Å². The van der Waals surface area contributed by atoms with Crippen LogP contribution in [0.2, 0.25) is 0 Å². The van der Waals surface area contributed by atoms with Crippen LogP contribution in [-0.4, -0.2) is 42.0 Å². The van der Waals surface area contributed by atoms with Crippen LogP contribution in [0.15, 0.2) is 48.5 Å². The van der Waals surface area contributed by atoms with Crippen molar-refractivity contribution in [1.82, 2.24) is 10.2 Å². The minimum atomic E-state index is -0.655. The molecule has 1 N–H and O–H groups in total. The SMILES string of the molecule is COc1ccccc1OCC(=O)N(Cc1ccccc1C)[C@@H](C)C(=O)NC(C)(C)C. The fourth-order valence-electron chi connectivity index (χ4n) is 2.99. The monoisotopic (exact) mass is 412 g/mol. The van der Waals surface area contributed by atoms with Crippen molar-refractivity contribution in [2.75, 3.05) is 13.7 Å². The summed E-state index contributed by atoms with van der Waals surface area (Å²) in [6, 6.07) is 14.3. The normalized spacial score (nSPS) is 12.1. The van der Waals surface area contributed by atoms with E-state index in [0.717, 1.165) is 11.1 Å². The van der Waals surface area contributed by atoms with Gasteiger partial charge in [0.1, 0.15) is 6.04 Å². The van der Waals surface area contributed by atoms with Gasteiger partial charge >= 0.3 is 0 Å². The average Bonchev–Trinajstić information content (AvgIpc) is 2.69. The maximum absolute atomic E-state index is 13.1. The van der Waals surface area contributed by atoms with Crippen LogP contribution >= 0.6 is 0 Å². The summed E-state index contributed by atoms with van der Waals surface area (Å²) in [5, 5.41) is 2.95. The van der Waals surface area contributed by atoms with E-state index in [1.807, 2.05) is 64.1 Å². The third-order valence-corrected chi connectivity index (χ3v) is 4.69. The number of ether oxygens (including phenoxy) is 2. The molecule has 1 atom stereocenters. The Kier molecular flexibility index (Phi) is 7.86. The van der Waals surface area contributed by atoms with Gasteiger partial charge in [-0.1, -0.05) is 36.4 Å². The first-order valence-electron chi connectivity index (χ1n) is 10.0. The van der Waals surface area contributed by atoms with Gasteiger partial charge in [0.2, 0.25) is 5.91 Å². The van der Waals surface area contributed by atoms with Gasteiger partial charge < -0.3 is 19.7 Å². The molecule has 2 rings (SSSR count). The number of carbonyl (C=O) groups excluding carboxylic acids is 2. The number of hydrogen-bond donors (Lipinski definition) is 1. The molecule has 0 aliphatic heterocycles. The Morgan fingerprint density at radius 1 is 1.03 bits per heavy atom. The lowest BCUT2D eigenvalue weighted by Gasteiger charge is -2.31. The molecule has 0 aliphatic rings. The number of aryl methyl sites for hydroxylation is 1. The molecule has 30 heavy (non-hydrogen) atoms. The van der Waals surface area contributed by atoms with Crippen LogP contribution in [0, 0.1) is 6.92 Å². The average molecular weight is 413 g/mol. The topological polar surface area (TPSA) is 67.9 Å². The van der Waals surface area contributed by atoms with Crippen LogP contribution in [0.3, 0.4) is 0 Å². The van der Waals surface area contributed by atoms with Crippen molar-refractivity contribution in [2.45, 2.75) is 52.7 Å². The molecule has 0 bridgehead atoms. The summed E-state index contributed by atoms with van der Waals surface area (Å²) in [5.41, 5.74) is 1.65. The largest absolute Gasteiger partial charge is 0.493 e. The van der Waals surface area contributed by atoms with Crippen molar-refractivity contribution < 1.29 is 19.1 Å². The van der Waals surface area contributed by atoms with Gasteiger partial charge in [-0.15, -0.1) is 0 Å². The zero-order valence-electron chi connectivity index (χ0n) is 18.7. The second-order valence-corrected chi connectivity index (χ2v) is 8.30. The molecule has 0 aliphatic carbocycles. The van der Waals surface area contributed by atoms with Gasteiger partial charge in [0.15, 0.2) is 18.1 Å². The van der Waals surface area contributed by atoms with E-state index in [0.29, 0.717) is 18.0 Å². The highest BCUT2D eigenvalue weighted by Gasteiger charge is 2.29. The minimum absolute atomic E-state index is 0.195. The Morgan fingerprint density at radius 2 is 1.63 bits per heavy atom. The van der Waals surface area contributed by atoms with E-state index in [1.54, 1.807) is 31.1 Å². The summed E-state index contributed by atoms with van der Waals surface area (Å²) >= 11 is 0. The molecule has 6 nitrogen and oxygen atoms in total. The molecule has 6 heteroatoms. The maximum Gasteiger partial charge on any atom is 0.261 e. The molecule has 0 saturated heterocycles. The number of nitrogens with one attached hydrogen (secondary N) is 1. The molecule has 162 valence electrons. The van der Waals surface area contributed by atoms with E-state index >= 15 is 0 Å². The first kappa shape index (κ1) is 23.3. The molecule has 0 unspecified atom stereocenters. The molecule has 0 aromatic heterocycles. The van der Waals surface area contributed by atoms with Gasteiger partial charge in [0.05, 0.1) is 7.11 Å². The van der Waals surface area contributed by atoms with Crippen LogP contribution in [0.1, 0.15) is 38.8 Å². The summed E-state index contributed by atoms with van der Waals surface area (Å²) in [7, 11) is 1.55. The second kappa shape index (κ2) is 10.1. The molecule has 2 aromatic carbocycles. The van der Waals surface area contributed by atoms with Crippen molar-refractivity contribution in [1.29, 1.82) is 0 Å². The standard InChI is InChI=1S/C24H32N2O4/c1-17-11-7-8-12-19(17)15-26(18(2)23(28)25-24(3,4)5)22(27)16-30-21-14-10-9-13-20(21)29-6/h7-14,18H,15-16H2,1-6H3,(H,25,28)/t18-/m0/s1. The van der Waals surface area contributed by atoms with Gasteiger partial charge in [-0.25, -0.2) is 0 Å². The van der Waals surface area contributed by atoms with Crippen molar-refractivity contribution in [3.8, 4) is 11.5 Å². The molecular formula is C24H32N2O4. The molecular weight excluding hydrogens is 380 g/mol. The fourth-order valence-corrected chi connectivity index (χ4v) is 2.99. The smallest absolute Gasteiger partial charge is 0.261 e. The summed E-state index contributed by atoms with van der Waals surface area (Å²) in [6.07, 6.45) is 0. The third-order valence-electron chi connectivity index (χ3n) is 4.69. The number of amides is 2. The number of hydrogen-bond acceptors (Lipinski definition) is 4. The predicted molar refractivity (Wildman–Crippen MR) is 118 cm³/mol. The van der Waals surface area contributed by atoms with E-state index in [2.05, 4.69) is 5.32 Å². The summed E-state index contributed by atoms with van der Waals surface area (Å²) in [4.78, 5) is 27.5. The Morgan fingerprint density at radius 3 is 2.23 bits per heavy atom. The molecule has 0 saturated carbocycles. The highest BCUT2D eigenvalue weighted by molar-refractivity contribution is 5.88. The number of rotatable bonds is 8. The molecule has 2 aromatic rings. The Balaban J connectivity index is 2.22. The van der Waals surface area contributed by atoms with Crippen LogP contribution in [-0.2, 0) is 16.1 Å². The Hall–Kier alpha value is -3.02. The fraction of sp³-hybridized carbons (Fsp3) is 0.417. The van der Waals surface area contributed by atoms with Gasteiger partial charge in [-0.05, 0) is 57.9 Å². The van der Waals surface area contributed by atoms with Crippen LogP contribution in [0.25, 0.3) is 0 Å². The van der Waals surface area contributed by atoms with E-state index in [1.165, 1.54) is 0 Å². The molecule has 2 amide bonds. The zero-order valence-corrected chi connectivity index (χ0v) is 18.7. The molecule has 0 radical (unpaired) electrons. The van der Waals surface area contributed by atoms with E-state index in [4.69, 9.17) is 9.47 Å². The van der Waals surface area contributed by atoms with Crippen molar-refractivity contribution >= 4 is 11.8 Å². The van der Waals surface area contributed by atoms with E-state index in [9.17, 15) is 9.59 Å². The lowest BCUT2D eigenvalue weighted by molar-refractivity contribution is -0.142. The van der Waals surface area contributed by atoms with Gasteiger partial charge in [0.25, 0.3) is 5.91 Å². The lowest BCUT2D eigenvalue weighted by atomic mass is 10.1. The van der Waals surface area contributed by atoms with Crippen molar-refractivity contribution in [3.05, 3.63) is 59.7 Å². The second-order valence-electron chi connectivity index (χ2n) is 8.30. The highest BCUT2D eigenvalue weighted by Crippen LogP contribution is 2.26. The number of methoxy groups -OCH3 is 1. The maximum atomic E-state index is 13.1.